The molecular formula is C14H18N4O. The highest BCUT2D eigenvalue weighted by molar-refractivity contribution is 5.29. The zero-order valence-corrected chi connectivity index (χ0v) is 11.0. The number of nitrogens with two attached hydrogens (primary N) is 1. The lowest BCUT2D eigenvalue weighted by molar-refractivity contribution is 0.399. The summed E-state index contributed by atoms with van der Waals surface area (Å²) in [6.07, 6.45) is 3.85. The molecule has 3 rings (SSSR count). The minimum atomic E-state index is 0.0204. The summed E-state index contributed by atoms with van der Waals surface area (Å²) >= 11 is 0. The van der Waals surface area contributed by atoms with E-state index in [9.17, 15) is 0 Å². The average molecular weight is 258 g/mol. The second-order valence-electron chi connectivity index (χ2n) is 4.89. The van der Waals surface area contributed by atoms with Crippen molar-refractivity contribution in [2.24, 2.45) is 5.73 Å². The molecule has 5 heteroatoms. The highest BCUT2D eigenvalue weighted by Crippen LogP contribution is 2.23. The van der Waals surface area contributed by atoms with Crippen molar-refractivity contribution in [2.45, 2.75) is 31.8 Å². The molecule has 0 saturated carbocycles. The number of hydrogen-bond acceptors (Lipinski definition) is 4. The third-order valence-electron chi connectivity index (χ3n) is 3.59. The van der Waals surface area contributed by atoms with Gasteiger partial charge >= 0.3 is 0 Å². The summed E-state index contributed by atoms with van der Waals surface area (Å²) in [7, 11) is 1.67. The average Bonchev–Trinajstić information content (AvgIpc) is 2.84. The van der Waals surface area contributed by atoms with Crippen molar-refractivity contribution in [3.63, 3.8) is 0 Å². The molecule has 1 aliphatic heterocycles. The Labute approximate surface area is 112 Å². The Morgan fingerprint density at radius 1 is 1.32 bits per heavy atom. The standard InChI is InChI=1S/C14H18N4O/c1-19-11-7-5-10(6-8-11)9-14-17-16-13-4-2-3-12(15)18(13)14/h5-8,12H,2-4,9,15H2,1H3. The lowest BCUT2D eigenvalue weighted by Crippen LogP contribution is -2.26. The molecule has 2 N–H and O–H groups in total. The van der Waals surface area contributed by atoms with Gasteiger partial charge in [0.25, 0.3) is 0 Å². The van der Waals surface area contributed by atoms with Gasteiger partial charge in [-0.05, 0) is 30.5 Å². The molecule has 0 radical (unpaired) electrons. The van der Waals surface area contributed by atoms with E-state index in [1.807, 2.05) is 12.1 Å². The van der Waals surface area contributed by atoms with Gasteiger partial charge < -0.3 is 10.5 Å². The molecular weight excluding hydrogens is 240 g/mol. The lowest BCUT2D eigenvalue weighted by atomic mass is 10.1. The van der Waals surface area contributed by atoms with Crippen LogP contribution in [0.2, 0.25) is 0 Å². The third kappa shape index (κ3) is 2.33. The fraction of sp³-hybridized carbons (Fsp3) is 0.429. The smallest absolute Gasteiger partial charge is 0.138 e. The minimum Gasteiger partial charge on any atom is -0.497 e. The van der Waals surface area contributed by atoms with Crippen LogP contribution < -0.4 is 10.5 Å². The molecule has 1 unspecified atom stereocenters. The number of ether oxygens (including phenoxy) is 1. The SMILES string of the molecule is COc1ccc(Cc2nnc3n2C(N)CCC3)cc1. The molecule has 0 amide bonds. The summed E-state index contributed by atoms with van der Waals surface area (Å²) in [5.41, 5.74) is 7.34. The monoisotopic (exact) mass is 258 g/mol. The van der Waals surface area contributed by atoms with Crippen molar-refractivity contribution >= 4 is 0 Å². The van der Waals surface area contributed by atoms with Gasteiger partial charge in [0.2, 0.25) is 0 Å². The number of fused-ring (bicyclic) bond motifs is 1. The van der Waals surface area contributed by atoms with Crippen LogP contribution in [0.5, 0.6) is 5.75 Å². The number of rotatable bonds is 3. The molecule has 0 saturated heterocycles. The first-order valence-electron chi connectivity index (χ1n) is 6.59. The van der Waals surface area contributed by atoms with Crippen LogP contribution in [0.25, 0.3) is 0 Å². The quantitative estimate of drug-likeness (QED) is 0.909. The molecule has 0 fully saturated rings. The Kier molecular flexibility index (Phi) is 3.21. The van der Waals surface area contributed by atoms with Crippen molar-refractivity contribution in [3.05, 3.63) is 41.5 Å². The maximum Gasteiger partial charge on any atom is 0.138 e. The molecule has 2 heterocycles. The summed E-state index contributed by atoms with van der Waals surface area (Å²) in [6.45, 7) is 0. The van der Waals surface area contributed by atoms with Crippen LogP contribution in [-0.4, -0.2) is 21.9 Å². The molecule has 0 spiro atoms. The molecule has 2 aromatic rings. The normalized spacial score (nSPS) is 18.1. The van der Waals surface area contributed by atoms with Gasteiger partial charge in [-0.15, -0.1) is 10.2 Å². The highest BCUT2D eigenvalue weighted by Gasteiger charge is 2.21. The molecule has 100 valence electrons. The zero-order chi connectivity index (χ0) is 13.2. The van der Waals surface area contributed by atoms with E-state index in [0.717, 1.165) is 43.1 Å². The van der Waals surface area contributed by atoms with Gasteiger partial charge in [0.15, 0.2) is 0 Å². The van der Waals surface area contributed by atoms with Crippen LogP contribution in [0.3, 0.4) is 0 Å². The Hall–Kier alpha value is -1.88. The van der Waals surface area contributed by atoms with Crippen LogP contribution in [0.1, 0.15) is 36.2 Å². The largest absolute Gasteiger partial charge is 0.497 e. The van der Waals surface area contributed by atoms with E-state index in [0.29, 0.717) is 0 Å². The van der Waals surface area contributed by atoms with E-state index in [1.165, 1.54) is 5.56 Å². The van der Waals surface area contributed by atoms with Gasteiger partial charge in [0, 0.05) is 12.8 Å². The maximum atomic E-state index is 6.15. The Morgan fingerprint density at radius 2 is 2.11 bits per heavy atom. The van der Waals surface area contributed by atoms with E-state index in [4.69, 9.17) is 10.5 Å². The molecule has 1 aromatic carbocycles. The lowest BCUT2D eigenvalue weighted by Gasteiger charge is -2.22. The fourth-order valence-electron chi connectivity index (χ4n) is 2.56. The number of hydrogen-bond donors (Lipinski definition) is 1. The van der Waals surface area contributed by atoms with Gasteiger partial charge in [-0.3, -0.25) is 4.57 Å². The van der Waals surface area contributed by atoms with Crippen molar-refractivity contribution in [3.8, 4) is 5.75 Å². The van der Waals surface area contributed by atoms with Crippen molar-refractivity contribution < 1.29 is 4.74 Å². The van der Waals surface area contributed by atoms with Gasteiger partial charge in [-0.25, -0.2) is 0 Å². The predicted molar refractivity (Wildman–Crippen MR) is 72.0 cm³/mol. The summed E-state index contributed by atoms with van der Waals surface area (Å²) in [5.74, 6) is 2.83. The number of aromatic nitrogens is 3. The molecule has 5 nitrogen and oxygen atoms in total. The summed E-state index contributed by atoms with van der Waals surface area (Å²) in [6, 6.07) is 8.02. The van der Waals surface area contributed by atoms with E-state index in [1.54, 1.807) is 7.11 Å². The summed E-state index contributed by atoms with van der Waals surface area (Å²) in [4.78, 5) is 0. The molecule has 19 heavy (non-hydrogen) atoms. The first-order chi connectivity index (χ1) is 9.28. The number of methoxy groups -OCH3 is 1. The molecule has 1 aromatic heterocycles. The topological polar surface area (TPSA) is 66.0 Å². The third-order valence-corrected chi connectivity index (χ3v) is 3.59. The van der Waals surface area contributed by atoms with Gasteiger partial charge in [-0.1, -0.05) is 12.1 Å². The predicted octanol–water partition coefficient (Wildman–Crippen LogP) is 1.67. The minimum absolute atomic E-state index is 0.0204. The summed E-state index contributed by atoms with van der Waals surface area (Å²) in [5, 5.41) is 8.53. The van der Waals surface area contributed by atoms with E-state index >= 15 is 0 Å². The van der Waals surface area contributed by atoms with E-state index in [-0.39, 0.29) is 6.17 Å². The van der Waals surface area contributed by atoms with Crippen molar-refractivity contribution in [2.75, 3.05) is 7.11 Å². The van der Waals surface area contributed by atoms with Gasteiger partial charge in [0.05, 0.1) is 13.3 Å². The Bertz CT molecular complexity index is 561. The van der Waals surface area contributed by atoms with Crippen LogP contribution in [0.4, 0.5) is 0 Å². The van der Waals surface area contributed by atoms with E-state index in [2.05, 4.69) is 26.9 Å². The zero-order valence-electron chi connectivity index (χ0n) is 11.0. The van der Waals surface area contributed by atoms with Crippen LogP contribution in [0.15, 0.2) is 24.3 Å². The number of aryl methyl sites for hydroxylation is 1. The molecule has 1 aliphatic rings. The van der Waals surface area contributed by atoms with Gasteiger partial charge in [0.1, 0.15) is 17.4 Å². The first-order valence-corrected chi connectivity index (χ1v) is 6.59. The second kappa shape index (κ2) is 5.01. The van der Waals surface area contributed by atoms with Crippen LogP contribution in [-0.2, 0) is 12.8 Å². The number of benzene rings is 1. The number of nitrogens with zero attached hydrogens (tertiary/aromatic N) is 3. The molecule has 1 atom stereocenters. The summed E-state index contributed by atoms with van der Waals surface area (Å²) < 4.78 is 7.25. The van der Waals surface area contributed by atoms with Crippen LogP contribution >= 0.6 is 0 Å². The maximum absolute atomic E-state index is 6.15. The Morgan fingerprint density at radius 3 is 2.84 bits per heavy atom. The van der Waals surface area contributed by atoms with Crippen LogP contribution in [0, 0.1) is 0 Å². The van der Waals surface area contributed by atoms with Crippen molar-refractivity contribution in [1.29, 1.82) is 0 Å². The molecule has 0 aliphatic carbocycles. The second-order valence-corrected chi connectivity index (χ2v) is 4.89. The van der Waals surface area contributed by atoms with Crippen molar-refractivity contribution in [1.82, 2.24) is 14.8 Å². The fourth-order valence-corrected chi connectivity index (χ4v) is 2.56. The highest BCUT2D eigenvalue weighted by atomic mass is 16.5. The van der Waals surface area contributed by atoms with Gasteiger partial charge in [-0.2, -0.15) is 0 Å². The molecule has 0 bridgehead atoms. The van der Waals surface area contributed by atoms with E-state index < -0.39 is 0 Å². The Balaban J connectivity index is 1.85. The first kappa shape index (κ1) is 12.2.